The third kappa shape index (κ3) is 6.60. The smallest absolute Gasteiger partial charge is 0.321 e. The summed E-state index contributed by atoms with van der Waals surface area (Å²) in [5, 5.41) is 26.0. The third-order valence-corrected chi connectivity index (χ3v) is 8.16. The lowest BCUT2D eigenvalue weighted by atomic mass is 9.83. The van der Waals surface area contributed by atoms with E-state index in [1.54, 1.807) is 7.05 Å². The number of nitrogens with zero attached hydrogens (tertiary/aromatic N) is 1. The minimum absolute atomic E-state index is 0.0668. The molecular weight excluding hydrogens is 512 g/mol. The molecule has 2 aromatic rings. The van der Waals surface area contributed by atoms with Gasteiger partial charge in [0.05, 0.1) is 17.9 Å². The summed E-state index contributed by atoms with van der Waals surface area (Å²) in [6, 6.07) is 6.12. The molecule has 2 aromatic carbocycles. The van der Waals surface area contributed by atoms with Gasteiger partial charge in [0.25, 0.3) is 0 Å². The average Bonchev–Trinajstić information content (AvgIpc) is 3.74. The van der Waals surface area contributed by atoms with Gasteiger partial charge in [-0.1, -0.05) is 55.0 Å². The van der Waals surface area contributed by atoms with Crippen LogP contribution in [0.4, 0.5) is 10.5 Å². The van der Waals surface area contributed by atoms with Crippen LogP contribution in [0.2, 0.25) is 0 Å². The van der Waals surface area contributed by atoms with E-state index in [1.807, 2.05) is 27.7 Å². The number of benzene rings is 2. The van der Waals surface area contributed by atoms with Gasteiger partial charge in [0.2, 0.25) is 0 Å². The molecule has 4 rings (SSSR count). The number of aliphatic hydroxyl groups excluding tert-OH is 1. The van der Waals surface area contributed by atoms with Gasteiger partial charge >= 0.3 is 6.03 Å². The van der Waals surface area contributed by atoms with Crippen molar-refractivity contribution in [3.8, 4) is 16.9 Å². The minimum atomic E-state index is -0.821. The Balaban J connectivity index is 2.11. The van der Waals surface area contributed by atoms with Gasteiger partial charge in [-0.3, -0.25) is 4.90 Å². The van der Waals surface area contributed by atoms with E-state index in [2.05, 4.69) is 75.5 Å². The van der Waals surface area contributed by atoms with Crippen LogP contribution >= 0.6 is 0 Å². The number of carbonyl (C=O) groups excluding carboxylic acids is 1. The zero-order chi connectivity index (χ0) is 30.2. The number of carbonyl (C=O) groups is 1. The lowest BCUT2D eigenvalue weighted by Gasteiger charge is -2.33. The Morgan fingerprint density at radius 1 is 1.10 bits per heavy atom. The molecule has 2 atom stereocenters. The Bertz CT molecular complexity index is 1420. The first-order valence-corrected chi connectivity index (χ1v) is 14.6. The van der Waals surface area contributed by atoms with E-state index >= 15 is 0 Å². The number of aryl methyl sites for hydroxylation is 2. The van der Waals surface area contributed by atoms with Crippen LogP contribution in [0.3, 0.4) is 0 Å². The van der Waals surface area contributed by atoms with E-state index in [0.717, 1.165) is 46.2 Å². The van der Waals surface area contributed by atoms with E-state index < -0.39 is 11.7 Å². The molecule has 220 valence electrons. The predicted molar refractivity (Wildman–Crippen MR) is 168 cm³/mol. The summed E-state index contributed by atoms with van der Waals surface area (Å²) in [5.41, 5.74) is 8.09. The molecule has 0 bridgehead atoms. The number of ether oxygens (including phenoxy) is 1. The fourth-order valence-electron chi connectivity index (χ4n) is 5.34. The zero-order valence-corrected chi connectivity index (χ0v) is 26.1. The molecule has 6 heteroatoms. The second-order valence-corrected chi connectivity index (χ2v) is 12.6. The van der Waals surface area contributed by atoms with Crippen molar-refractivity contribution in [2.24, 2.45) is 5.92 Å². The fourth-order valence-corrected chi connectivity index (χ4v) is 5.34. The van der Waals surface area contributed by atoms with Crippen LogP contribution in [0.25, 0.3) is 16.7 Å². The van der Waals surface area contributed by atoms with Crippen molar-refractivity contribution in [2.75, 3.05) is 18.6 Å². The van der Waals surface area contributed by atoms with E-state index in [0.29, 0.717) is 11.3 Å². The van der Waals surface area contributed by atoms with Crippen LogP contribution in [0.1, 0.15) is 81.4 Å². The molecule has 0 spiro atoms. The maximum Gasteiger partial charge on any atom is 0.321 e. The van der Waals surface area contributed by atoms with Crippen LogP contribution in [0, 0.1) is 26.7 Å². The van der Waals surface area contributed by atoms with Gasteiger partial charge in [0.15, 0.2) is 0 Å². The van der Waals surface area contributed by atoms with Gasteiger partial charge in [-0.25, -0.2) is 4.79 Å². The number of allylic oxidation sites excluding steroid dienone is 6. The van der Waals surface area contributed by atoms with Crippen molar-refractivity contribution in [3.05, 3.63) is 75.9 Å². The van der Waals surface area contributed by atoms with Crippen molar-refractivity contribution in [1.82, 2.24) is 5.32 Å². The number of aromatic hydroxyl groups is 1. The number of phenolic OH excluding ortho intramolecular Hbond substituents is 1. The highest BCUT2D eigenvalue weighted by atomic mass is 16.5. The van der Waals surface area contributed by atoms with E-state index in [4.69, 9.17) is 4.74 Å². The van der Waals surface area contributed by atoms with E-state index in [-0.39, 0.29) is 30.3 Å². The monoisotopic (exact) mass is 558 g/mol. The molecule has 1 fully saturated rings. The molecule has 0 heterocycles. The lowest BCUT2D eigenvalue weighted by molar-refractivity contribution is -0.0826. The molecule has 2 aliphatic carbocycles. The van der Waals surface area contributed by atoms with Crippen LogP contribution in [0.15, 0.2) is 48.1 Å². The molecule has 3 N–H and O–H groups in total. The van der Waals surface area contributed by atoms with Crippen molar-refractivity contribution in [1.29, 1.82) is 0 Å². The highest BCUT2D eigenvalue weighted by Gasteiger charge is 2.34. The molecule has 0 radical (unpaired) electrons. The van der Waals surface area contributed by atoms with Crippen LogP contribution in [-0.2, 0) is 4.74 Å². The minimum Gasteiger partial charge on any atom is -0.505 e. The highest BCUT2D eigenvalue weighted by molar-refractivity contribution is 6.02. The maximum absolute atomic E-state index is 13.5. The second-order valence-electron chi connectivity index (χ2n) is 12.6. The molecule has 6 nitrogen and oxygen atoms in total. The third-order valence-electron chi connectivity index (χ3n) is 8.16. The molecule has 2 aliphatic rings. The van der Waals surface area contributed by atoms with Gasteiger partial charge < -0.3 is 20.3 Å². The van der Waals surface area contributed by atoms with Crippen LogP contribution in [0.5, 0.6) is 5.75 Å². The molecular formula is C35H46N2O4. The fraction of sp³-hybridized carbons (Fsp3) is 0.457. The Hall–Kier alpha value is -3.35. The Morgan fingerprint density at radius 2 is 1.78 bits per heavy atom. The first-order chi connectivity index (χ1) is 19.2. The summed E-state index contributed by atoms with van der Waals surface area (Å²) >= 11 is 0. The van der Waals surface area contributed by atoms with E-state index in [1.165, 1.54) is 16.0 Å². The molecule has 0 aromatic heterocycles. The zero-order valence-electron chi connectivity index (χ0n) is 26.1. The van der Waals surface area contributed by atoms with Gasteiger partial charge in [-0.2, -0.15) is 0 Å². The molecule has 2 amide bonds. The molecule has 1 saturated carbocycles. The van der Waals surface area contributed by atoms with Gasteiger partial charge in [-0.15, -0.1) is 0 Å². The molecule has 41 heavy (non-hydrogen) atoms. The normalized spacial score (nSPS) is 18.0. The molecule has 2 unspecified atom stereocenters. The average molecular weight is 559 g/mol. The molecule has 0 aliphatic heterocycles. The summed E-state index contributed by atoms with van der Waals surface area (Å²) in [6.45, 7) is 15.9. The van der Waals surface area contributed by atoms with Gasteiger partial charge in [-0.05, 0) is 101 Å². The van der Waals surface area contributed by atoms with Crippen LogP contribution < -0.4 is 10.2 Å². The number of urea groups is 1. The number of anilines is 1. The maximum atomic E-state index is 13.5. The number of amides is 2. The SMILES string of the molecule is CC1=CC=C(c2c(C)c(-c3ccc(C)c(C)c3)c(C(CO)OC(C)(C)C)c(O)c2N(C)C(=O)NC2CC2)C=CC1C. The second kappa shape index (κ2) is 11.9. The quantitative estimate of drug-likeness (QED) is 0.326. The largest absolute Gasteiger partial charge is 0.505 e. The Labute approximate surface area is 245 Å². The van der Waals surface area contributed by atoms with Crippen molar-refractivity contribution in [2.45, 2.75) is 86.0 Å². The van der Waals surface area contributed by atoms with Gasteiger partial charge in [0, 0.05) is 24.2 Å². The predicted octanol–water partition coefficient (Wildman–Crippen LogP) is 7.68. The first kappa shape index (κ1) is 30.6. The number of hydrogen-bond acceptors (Lipinski definition) is 4. The summed E-state index contributed by atoms with van der Waals surface area (Å²) in [4.78, 5) is 15.0. The molecule has 0 saturated heterocycles. The van der Waals surface area contributed by atoms with Crippen LogP contribution in [-0.4, -0.2) is 41.5 Å². The number of aliphatic hydroxyl groups is 1. The van der Waals surface area contributed by atoms with E-state index in [9.17, 15) is 15.0 Å². The van der Waals surface area contributed by atoms with Crippen molar-refractivity contribution in [3.63, 3.8) is 0 Å². The van der Waals surface area contributed by atoms with Gasteiger partial charge in [0.1, 0.15) is 11.9 Å². The number of rotatable bonds is 7. The summed E-state index contributed by atoms with van der Waals surface area (Å²) in [7, 11) is 1.69. The van der Waals surface area contributed by atoms with Crippen molar-refractivity contribution >= 4 is 17.3 Å². The standard InChI is InChI=1S/C35H46N2O4/c1-20-10-13-25(14-11-21(20)2)30-24(5)29(26-15-12-22(3)23(4)18-26)31(28(19-38)41-35(6,7)8)33(39)32(30)37(9)34(40)36-27-16-17-27/h10-15,18,20,27-28,38-39H,16-17,19H2,1-9H3,(H,36,40). The number of phenols is 1. The summed E-state index contributed by atoms with van der Waals surface area (Å²) in [5.74, 6) is 0.192. The van der Waals surface area contributed by atoms with Crippen molar-refractivity contribution < 1.29 is 19.7 Å². The topological polar surface area (TPSA) is 82.0 Å². The Kier molecular flexibility index (Phi) is 8.86. The Morgan fingerprint density at radius 3 is 2.37 bits per heavy atom. The lowest BCUT2D eigenvalue weighted by Crippen LogP contribution is -2.39. The summed E-state index contributed by atoms with van der Waals surface area (Å²) in [6.07, 6.45) is 9.48. The summed E-state index contributed by atoms with van der Waals surface area (Å²) < 4.78 is 6.36. The first-order valence-electron chi connectivity index (χ1n) is 14.6. The number of nitrogens with one attached hydrogen (secondary N) is 1. The highest BCUT2D eigenvalue weighted by Crippen LogP contribution is 2.50. The number of hydrogen-bond donors (Lipinski definition) is 3.